The van der Waals surface area contributed by atoms with Crippen LogP contribution >= 0.6 is 0 Å². The van der Waals surface area contributed by atoms with E-state index in [2.05, 4.69) is 6.07 Å². The van der Waals surface area contributed by atoms with Gasteiger partial charge in [0.05, 0.1) is 19.3 Å². The summed E-state index contributed by atoms with van der Waals surface area (Å²) in [5.74, 6) is 0.845. The van der Waals surface area contributed by atoms with E-state index in [-0.39, 0.29) is 0 Å². The summed E-state index contributed by atoms with van der Waals surface area (Å²) < 4.78 is 5.30. The second-order valence-electron chi connectivity index (χ2n) is 4.78. The molecule has 0 aliphatic carbocycles. The molecule has 0 spiro atoms. The zero-order valence-electron chi connectivity index (χ0n) is 11.5. The topological polar surface area (TPSA) is 49.7 Å². The van der Waals surface area contributed by atoms with Crippen LogP contribution in [0.2, 0.25) is 0 Å². The Bertz CT molecular complexity index is 363. The summed E-state index contributed by atoms with van der Waals surface area (Å²) in [5, 5.41) is 19.5. The predicted octanol–water partition coefficient (Wildman–Crippen LogP) is 2.46. The summed E-state index contributed by atoms with van der Waals surface area (Å²) >= 11 is 0. The number of aryl methyl sites for hydroxylation is 2. The average molecular weight is 252 g/mol. The zero-order valence-corrected chi connectivity index (χ0v) is 11.5. The minimum atomic E-state index is -0.657. The summed E-state index contributed by atoms with van der Waals surface area (Å²) in [7, 11) is 1.65. The van der Waals surface area contributed by atoms with Crippen molar-refractivity contribution in [3.63, 3.8) is 0 Å². The van der Waals surface area contributed by atoms with E-state index in [1.807, 2.05) is 26.0 Å². The molecule has 2 unspecified atom stereocenters. The summed E-state index contributed by atoms with van der Waals surface area (Å²) in [5.41, 5.74) is 2.26. The summed E-state index contributed by atoms with van der Waals surface area (Å²) in [6.45, 7) is 4.03. The normalized spacial score (nSPS) is 14.3. The van der Waals surface area contributed by atoms with E-state index in [9.17, 15) is 10.2 Å². The van der Waals surface area contributed by atoms with E-state index in [1.165, 1.54) is 5.56 Å². The highest BCUT2D eigenvalue weighted by Crippen LogP contribution is 2.22. The highest BCUT2D eigenvalue weighted by molar-refractivity contribution is 5.36. The molecule has 0 saturated heterocycles. The molecule has 2 N–H and O–H groups in total. The van der Waals surface area contributed by atoms with Crippen LogP contribution in [0.4, 0.5) is 0 Å². The lowest BCUT2D eigenvalue weighted by molar-refractivity contribution is 0.00974. The second kappa shape index (κ2) is 7.39. The molecule has 18 heavy (non-hydrogen) atoms. The molecule has 0 aliphatic rings. The number of hydrogen-bond donors (Lipinski definition) is 2. The van der Waals surface area contributed by atoms with Crippen LogP contribution in [0.15, 0.2) is 18.2 Å². The van der Waals surface area contributed by atoms with Gasteiger partial charge in [0.1, 0.15) is 5.75 Å². The van der Waals surface area contributed by atoms with Crippen LogP contribution in [0.25, 0.3) is 0 Å². The number of hydrogen-bond acceptors (Lipinski definition) is 3. The van der Waals surface area contributed by atoms with Crippen LogP contribution < -0.4 is 4.74 Å². The molecule has 0 bridgehead atoms. The van der Waals surface area contributed by atoms with Gasteiger partial charge in [0.2, 0.25) is 0 Å². The van der Waals surface area contributed by atoms with Crippen molar-refractivity contribution in [2.45, 2.75) is 51.7 Å². The fraction of sp³-hybridized carbons (Fsp3) is 0.600. The molecule has 1 rings (SSSR count). The van der Waals surface area contributed by atoms with Gasteiger partial charge in [0.25, 0.3) is 0 Å². The number of ether oxygens (including phenoxy) is 1. The molecule has 1 aromatic carbocycles. The van der Waals surface area contributed by atoms with Crippen molar-refractivity contribution >= 4 is 0 Å². The summed E-state index contributed by atoms with van der Waals surface area (Å²) in [6, 6.07) is 6.02. The number of aliphatic hydroxyl groups is 2. The van der Waals surface area contributed by atoms with Crippen molar-refractivity contribution in [3.05, 3.63) is 29.3 Å². The lowest BCUT2D eigenvalue weighted by Gasteiger charge is -2.18. The Balaban J connectivity index is 2.59. The summed E-state index contributed by atoms with van der Waals surface area (Å²) in [4.78, 5) is 0. The van der Waals surface area contributed by atoms with Crippen LogP contribution in [-0.2, 0) is 6.42 Å². The summed E-state index contributed by atoms with van der Waals surface area (Å²) in [6.07, 6.45) is 1.52. The van der Waals surface area contributed by atoms with Crippen LogP contribution in [0.3, 0.4) is 0 Å². The molecule has 3 heteroatoms. The Morgan fingerprint density at radius 2 is 1.83 bits per heavy atom. The van der Waals surface area contributed by atoms with E-state index in [1.54, 1.807) is 7.11 Å². The molecule has 3 nitrogen and oxygen atoms in total. The van der Waals surface area contributed by atoms with Gasteiger partial charge in [0, 0.05) is 0 Å². The first-order chi connectivity index (χ1) is 8.58. The van der Waals surface area contributed by atoms with E-state index < -0.39 is 12.2 Å². The van der Waals surface area contributed by atoms with Crippen LogP contribution in [-0.4, -0.2) is 29.5 Å². The first-order valence-corrected chi connectivity index (χ1v) is 6.58. The lowest BCUT2D eigenvalue weighted by Crippen LogP contribution is -2.26. The van der Waals surface area contributed by atoms with E-state index in [0.717, 1.165) is 17.7 Å². The zero-order chi connectivity index (χ0) is 13.5. The van der Waals surface area contributed by atoms with Gasteiger partial charge in [-0.1, -0.05) is 31.0 Å². The number of rotatable bonds is 7. The average Bonchev–Trinajstić information content (AvgIpc) is 2.36. The molecular weight excluding hydrogens is 228 g/mol. The highest BCUT2D eigenvalue weighted by atomic mass is 16.5. The van der Waals surface area contributed by atoms with Crippen molar-refractivity contribution < 1.29 is 14.9 Å². The monoisotopic (exact) mass is 252 g/mol. The number of methoxy groups -OCH3 is 1. The third-order valence-electron chi connectivity index (χ3n) is 3.17. The Morgan fingerprint density at radius 1 is 1.17 bits per heavy atom. The van der Waals surface area contributed by atoms with E-state index in [0.29, 0.717) is 19.3 Å². The van der Waals surface area contributed by atoms with Gasteiger partial charge in [-0.05, 0) is 37.8 Å². The molecule has 0 amide bonds. The van der Waals surface area contributed by atoms with E-state index >= 15 is 0 Å². The van der Waals surface area contributed by atoms with Gasteiger partial charge in [-0.25, -0.2) is 0 Å². The first-order valence-electron chi connectivity index (χ1n) is 6.58. The van der Waals surface area contributed by atoms with Gasteiger partial charge in [-0.15, -0.1) is 0 Å². The lowest BCUT2D eigenvalue weighted by atomic mass is 9.99. The largest absolute Gasteiger partial charge is 0.496 e. The molecule has 0 radical (unpaired) electrons. The Kier molecular flexibility index (Phi) is 6.16. The second-order valence-corrected chi connectivity index (χ2v) is 4.78. The molecule has 0 heterocycles. The molecular formula is C15H24O3. The number of aliphatic hydroxyl groups excluding tert-OH is 2. The maximum atomic E-state index is 9.85. The molecule has 0 saturated carbocycles. The molecule has 0 fully saturated rings. The van der Waals surface area contributed by atoms with Crippen LogP contribution in [0, 0.1) is 6.92 Å². The predicted molar refractivity (Wildman–Crippen MR) is 73.0 cm³/mol. The van der Waals surface area contributed by atoms with Crippen LogP contribution in [0.5, 0.6) is 5.75 Å². The quantitative estimate of drug-likeness (QED) is 0.783. The van der Waals surface area contributed by atoms with Gasteiger partial charge in [-0.2, -0.15) is 0 Å². The molecule has 1 aromatic rings. The van der Waals surface area contributed by atoms with E-state index in [4.69, 9.17) is 4.74 Å². The standard InChI is InChI=1S/C15H24O3/c1-4-5-13(16)14(17)8-7-12-10-11(2)6-9-15(12)18-3/h6,9-10,13-14,16-17H,4-5,7-8H2,1-3H3. The fourth-order valence-electron chi connectivity index (χ4n) is 2.09. The fourth-order valence-corrected chi connectivity index (χ4v) is 2.09. The minimum Gasteiger partial charge on any atom is -0.496 e. The van der Waals surface area contributed by atoms with Gasteiger partial charge in [-0.3, -0.25) is 0 Å². The van der Waals surface area contributed by atoms with Crippen molar-refractivity contribution in [1.82, 2.24) is 0 Å². The van der Waals surface area contributed by atoms with Gasteiger partial charge < -0.3 is 14.9 Å². The third kappa shape index (κ3) is 4.31. The molecule has 0 aromatic heterocycles. The molecule has 0 aliphatic heterocycles. The Hall–Kier alpha value is -1.06. The van der Waals surface area contributed by atoms with Crippen molar-refractivity contribution in [2.75, 3.05) is 7.11 Å². The van der Waals surface area contributed by atoms with Crippen molar-refractivity contribution in [1.29, 1.82) is 0 Å². The molecule has 102 valence electrons. The Morgan fingerprint density at radius 3 is 2.44 bits per heavy atom. The van der Waals surface area contributed by atoms with Gasteiger partial charge >= 0.3 is 0 Å². The van der Waals surface area contributed by atoms with Crippen molar-refractivity contribution in [2.24, 2.45) is 0 Å². The smallest absolute Gasteiger partial charge is 0.122 e. The number of benzene rings is 1. The Labute approximate surface area is 109 Å². The van der Waals surface area contributed by atoms with Crippen molar-refractivity contribution in [3.8, 4) is 5.75 Å². The first kappa shape index (κ1) is 15.0. The minimum absolute atomic E-state index is 0.557. The van der Waals surface area contributed by atoms with Crippen LogP contribution in [0.1, 0.15) is 37.3 Å². The SMILES string of the molecule is CCCC(O)C(O)CCc1cc(C)ccc1OC. The highest BCUT2D eigenvalue weighted by Gasteiger charge is 2.16. The maximum Gasteiger partial charge on any atom is 0.122 e. The maximum absolute atomic E-state index is 9.85. The third-order valence-corrected chi connectivity index (χ3v) is 3.17. The van der Waals surface area contributed by atoms with Gasteiger partial charge in [0.15, 0.2) is 0 Å². The molecule has 2 atom stereocenters.